The standard InChI is InChI=1S/C25H28N4O3S/c1-5-6-9-14-33-25-26-23(31)22-19-10-7-8-11-20(19)28(17(3)30)24(29(22)27-25)18-12-13-21(32-4)16(2)15-18/h7-8,10-13,15,24H,5-6,9,14H2,1-4H3. The topological polar surface area (TPSA) is 82.3 Å². The number of unbranched alkanes of at least 4 members (excludes halogenated alkanes) is 2. The summed E-state index contributed by atoms with van der Waals surface area (Å²) in [6.07, 6.45) is 2.66. The predicted molar refractivity (Wildman–Crippen MR) is 126 cm³/mol. The van der Waals surface area contributed by atoms with Gasteiger partial charge in [-0.2, -0.15) is 0 Å². The fraction of sp³-hybridized carbons (Fsp3) is 0.360. The highest BCUT2D eigenvalue weighted by Gasteiger charge is 2.43. The molecule has 1 amide bonds. The molecule has 3 aromatic rings. The summed E-state index contributed by atoms with van der Waals surface area (Å²) in [5.74, 6) is 1.12. The number of hydrogen-bond acceptors (Lipinski definition) is 6. The highest BCUT2D eigenvalue weighted by atomic mass is 32.2. The second-order valence-corrected chi connectivity index (χ2v) is 9.12. The van der Waals surface area contributed by atoms with Crippen molar-refractivity contribution in [3.8, 4) is 22.9 Å². The van der Waals surface area contributed by atoms with Crippen LogP contribution in [0.2, 0.25) is 0 Å². The number of para-hydroxylation sites is 1. The van der Waals surface area contributed by atoms with E-state index in [9.17, 15) is 9.90 Å². The summed E-state index contributed by atoms with van der Waals surface area (Å²) >= 11 is 1.48. The number of aromatic nitrogens is 3. The predicted octanol–water partition coefficient (Wildman–Crippen LogP) is 4.02. The van der Waals surface area contributed by atoms with Crippen molar-refractivity contribution in [2.75, 3.05) is 17.8 Å². The zero-order valence-electron chi connectivity index (χ0n) is 19.4. The van der Waals surface area contributed by atoms with Crippen molar-refractivity contribution in [2.45, 2.75) is 51.4 Å². The van der Waals surface area contributed by atoms with Crippen molar-refractivity contribution in [2.24, 2.45) is 0 Å². The third kappa shape index (κ3) is 4.39. The number of fused-ring (bicyclic) bond motifs is 3. The molecule has 4 rings (SSSR count). The Morgan fingerprint density at radius 1 is 1.24 bits per heavy atom. The van der Waals surface area contributed by atoms with Crippen LogP contribution in [-0.2, 0) is 4.79 Å². The Bertz CT molecular complexity index is 1180. The Labute approximate surface area is 198 Å². The first-order chi connectivity index (χ1) is 16.0. The normalized spacial score (nSPS) is 14.5. The van der Waals surface area contributed by atoms with Crippen LogP contribution < -0.4 is 19.4 Å². The van der Waals surface area contributed by atoms with Gasteiger partial charge in [-0.3, -0.25) is 4.79 Å². The van der Waals surface area contributed by atoms with E-state index in [-0.39, 0.29) is 11.8 Å². The molecule has 172 valence electrons. The highest BCUT2D eigenvalue weighted by Crippen LogP contribution is 2.41. The van der Waals surface area contributed by atoms with Gasteiger partial charge in [-0.15, -0.1) is 0 Å². The van der Waals surface area contributed by atoms with Crippen molar-refractivity contribution in [1.82, 2.24) is 10.1 Å². The van der Waals surface area contributed by atoms with E-state index in [1.165, 1.54) is 18.7 Å². The van der Waals surface area contributed by atoms with Crippen molar-refractivity contribution in [3.05, 3.63) is 53.6 Å². The van der Waals surface area contributed by atoms with E-state index in [1.54, 1.807) is 16.7 Å². The first-order valence-corrected chi connectivity index (χ1v) is 12.1. The number of anilines is 1. The second-order valence-electron chi connectivity index (χ2n) is 8.06. The fourth-order valence-corrected chi connectivity index (χ4v) is 5.04. The SMILES string of the molecule is CCCCCSc1nc([O-])c2[n+](n1)C(c1ccc(OC)c(C)c1)N(C(C)=O)c1ccccc1-2. The molecule has 0 aliphatic carbocycles. The van der Waals surface area contributed by atoms with Crippen LogP contribution in [0.4, 0.5) is 5.69 Å². The Hall–Kier alpha value is -3.13. The average molecular weight is 465 g/mol. The molecule has 0 bridgehead atoms. The van der Waals surface area contributed by atoms with Gasteiger partial charge in [0.2, 0.25) is 5.91 Å². The van der Waals surface area contributed by atoms with E-state index in [2.05, 4.69) is 11.9 Å². The summed E-state index contributed by atoms with van der Waals surface area (Å²) < 4.78 is 7.09. The minimum absolute atomic E-state index is 0.137. The smallest absolute Gasteiger partial charge is 0.293 e. The van der Waals surface area contributed by atoms with Gasteiger partial charge in [0.05, 0.1) is 24.2 Å². The van der Waals surface area contributed by atoms with Gasteiger partial charge in [0, 0.05) is 23.3 Å². The molecule has 0 fully saturated rings. The molecule has 1 aromatic heterocycles. The second kappa shape index (κ2) is 9.79. The van der Waals surface area contributed by atoms with E-state index in [1.807, 2.05) is 49.4 Å². The molecule has 1 unspecified atom stereocenters. The number of rotatable bonds is 7. The first-order valence-electron chi connectivity index (χ1n) is 11.1. The maximum absolute atomic E-state index is 13.2. The number of aryl methyl sites for hydroxylation is 1. The van der Waals surface area contributed by atoms with Crippen LogP contribution in [0.25, 0.3) is 11.3 Å². The highest BCUT2D eigenvalue weighted by molar-refractivity contribution is 7.99. The zero-order chi connectivity index (χ0) is 23.5. The van der Waals surface area contributed by atoms with Gasteiger partial charge in [-0.05, 0) is 49.2 Å². The molecule has 33 heavy (non-hydrogen) atoms. The molecule has 8 heteroatoms. The van der Waals surface area contributed by atoms with Crippen LogP contribution in [0.5, 0.6) is 11.6 Å². The van der Waals surface area contributed by atoms with E-state index in [0.717, 1.165) is 41.9 Å². The third-order valence-electron chi connectivity index (χ3n) is 5.75. The van der Waals surface area contributed by atoms with Gasteiger partial charge in [-0.1, -0.05) is 48.3 Å². The van der Waals surface area contributed by atoms with Gasteiger partial charge in [-0.25, -0.2) is 9.88 Å². The molecule has 0 N–H and O–H groups in total. The molecule has 0 radical (unpaired) electrons. The molecule has 2 aromatic carbocycles. The van der Waals surface area contributed by atoms with Gasteiger partial charge < -0.3 is 9.84 Å². The van der Waals surface area contributed by atoms with E-state index in [4.69, 9.17) is 9.84 Å². The number of nitrogens with zero attached hydrogens (tertiary/aromatic N) is 4. The Kier molecular flexibility index (Phi) is 6.83. The number of hydrogen-bond donors (Lipinski definition) is 0. The summed E-state index contributed by atoms with van der Waals surface area (Å²) in [4.78, 5) is 18.9. The van der Waals surface area contributed by atoms with Crippen molar-refractivity contribution in [3.63, 3.8) is 0 Å². The maximum atomic E-state index is 13.2. The van der Waals surface area contributed by atoms with Gasteiger partial charge in [0.25, 0.3) is 17.0 Å². The molecule has 1 aliphatic heterocycles. The van der Waals surface area contributed by atoms with Crippen molar-refractivity contribution >= 4 is 23.4 Å². The minimum Gasteiger partial charge on any atom is -0.854 e. The Morgan fingerprint density at radius 2 is 2.03 bits per heavy atom. The number of methoxy groups -OCH3 is 1. The molecule has 2 heterocycles. The lowest BCUT2D eigenvalue weighted by Crippen LogP contribution is -2.58. The Balaban J connectivity index is 1.91. The van der Waals surface area contributed by atoms with Crippen molar-refractivity contribution < 1.29 is 19.3 Å². The van der Waals surface area contributed by atoms with E-state index in [0.29, 0.717) is 22.1 Å². The number of amides is 1. The zero-order valence-corrected chi connectivity index (χ0v) is 20.2. The molecule has 0 saturated heterocycles. The summed E-state index contributed by atoms with van der Waals surface area (Å²) in [5.41, 5.74) is 3.49. The average Bonchev–Trinajstić information content (AvgIpc) is 2.80. The third-order valence-corrected chi connectivity index (χ3v) is 6.68. The molecule has 7 nitrogen and oxygen atoms in total. The fourth-order valence-electron chi connectivity index (χ4n) is 4.21. The summed E-state index contributed by atoms with van der Waals surface area (Å²) in [7, 11) is 1.63. The van der Waals surface area contributed by atoms with Crippen LogP contribution in [0.1, 0.15) is 50.4 Å². The van der Waals surface area contributed by atoms with Crippen LogP contribution in [-0.4, -0.2) is 28.9 Å². The van der Waals surface area contributed by atoms with Crippen LogP contribution in [0, 0.1) is 6.92 Å². The number of carbonyl (C=O) groups excluding carboxylic acids is 1. The van der Waals surface area contributed by atoms with E-state index < -0.39 is 6.17 Å². The van der Waals surface area contributed by atoms with E-state index >= 15 is 0 Å². The lowest BCUT2D eigenvalue weighted by Gasteiger charge is -2.33. The minimum atomic E-state index is -0.609. The van der Waals surface area contributed by atoms with Gasteiger partial charge in [0.1, 0.15) is 5.75 Å². The molecular weight excluding hydrogens is 436 g/mol. The molecule has 1 atom stereocenters. The molecule has 1 aliphatic rings. The number of benzene rings is 2. The molecular formula is C25H28N4O3S. The first kappa shape index (κ1) is 23.0. The maximum Gasteiger partial charge on any atom is 0.293 e. The Morgan fingerprint density at radius 3 is 2.73 bits per heavy atom. The largest absolute Gasteiger partial charge is 0.854 e. The number of ether oxygens (including phenoxy) is 1. The van der Waals surface area contributed by atoms with Crippen molar-refractivity contribution in [1.29, 1.82) is 0 Å². The van der Waals surface area contributed by atoms with Crippen LogP contribution in [0.15, 0.2) is 47.6 Å². The number of thioether (sulfide) groups is 1. The summed E-state index contributed by atoms with van der Waals surface area (Å²) in [6, 6.07) is 13.2. The molecule has 0 spiro atoms. The van der Waals surface area contributed by atoms with Crippen LogP contribution in [0.3, 0.4) is 0 Å². The summed E-state index contributed by atoms with van der Waals surface area (Å²) in [6.45, 7) is 5.64. The summed E-state index contributed by atoms with van der Waals surface area (Å²) in [5, 5.41) is 18.5. The lowest BCUT2D eigenvalue weighted by atomic mass is 10.00. The monoisotopic (exact) mass is 464 g/mol. The van der Waals surface area contributed by atoms with Crippen LogP contribution >= 0.6 is 11.8 Å². The van der Waals surface area contributed by atoms with Gasteiger partial charge in [0.15, 0.2) is 0 Å². The lowest BCUT2D eigenvalue weighted by molar-refractivity contribution is -0.764. The number of carbonyl (C=O) groups is 1. The quantitative estimate of drug-likeness (QED) is 0.298. The van der Waals surface area contributed by atoms with Gasteiger partial charge >= 0.3 is 0 Å². The molecule has 0 saturated carbocycles.